The molecule has 0 spiro atoms. The Kier molecular flexibility index (Phi) is 4.97. The van der Waals surface area contributed by atoms with Crippen LogP contribution in [-0.2, 0) is 0 Å². The molecule has 21 heavy (non-hydrogen) atoms. The van der Waals surface area contributed by atoms with Gasteiger partial charge in [-0.05, 0) is 44.1 Å². The summed E-state index contributed by atoms with van der Waals surface area (Å²) < 4.78 is 0. The van der Waals surface area contributed by atoms with Crippen LogP contribution >= 0.6 is 0 Å². The first-order valence-electron chi connectivity index (χ1n) is 8.82. The zero-order valence-electron chi connectivity index (χ0n) is 13.6. The molecule has 0 amide bonds. The van der Waals surface area contributed by atoms with E-state index in [4.69, 9.17) is 0 Å². The first-order valence-corrected chi connectivity index (χ1v) is 8.82. The summed E-state index contributed by atoms with van der Waals surface area (Å²) in [6.45, 7) is 6.97. The average Bonchev–Trinajstić information content (AvgIpc) is 2.56. The highest BCUT2D eigenvalue weighted by Gasteiger charge is 2.34. The van der Waals surface area contributed by atoms with Crippen LogP contribution in [0.25, 0.3) is 0 Å². The van der Waals surface area contributed by atoms with E-state index in [2.05, 4.69) is 54.4 Å². The quantitative estimate of drug-likeness (QED) is 0.904. The van der Waals surface area contributed by atoms with E-state index in [1.807, 2.05) is 0 Å². The lowest BCUT2D eigenvalue weighted by molar-refractivity contribution is 0.0549. The minimum Gasteiger partial charge on any atom is -0.311 e. The van der Waals surface area contributed by atoms with Crippen LogP contribution in [-0.4, -0.2) is 30.1 Å². The van der Waals surface area contributed by atoms with Crippen LogP contribution in [0.3, 0.4) is 0 Å². The van der Waals surface area contributed by atoms with Crippen molar-refractivity contribution in [1.29, 1.82) is 0 Å². The van der Waals surface area contributed by atoms with Gasteiger partial charge < -0.3 is 5.32 Å². The zero-order chi connectivity index (χ0) is 14.7. The van der Waals surface area contributed by atoms with E-state index in [0.717, 1.165) is 18.5 Å². The van der Waals surface area contributed by atoms with Crippen LogP contribution < -0.4 is 5.32 Å². The molecular formula is C19H30N2. The Balaban J connectivity index is 1.73. The fourth-order valence-corrected chi connectivity index (χ4v) is 4.21. The minimum absolute atomic E-state index is 0.561. The van der Waals surface area contributed by atoms with Gasteiger partial charge in [0.05, 0.1) is 0 Å². The van der Waals surface area contributed by atoms with Gasteiger partial charge in [0, 0.05) is 31.2 Å². The van der Waals surface area contributed by atoms with Gasteiger partial charge in [0.25, 0.3) is 0 Å². The van der Waals surface area contributed by atoms with Crippen molar-refractivity contribution < 1.29 is 0 Å². The maximum absolute atomic E-state index is 3.68. The molecule has 0 aromatic heterocycles. The average molecular weight is 286 g/mol. The first-order chi connectivity index (χ1) is 10.3. The number of rotatable bonds is 3. The van der Waals surface area contributed by atoms with Gasteiger partial charge >= 0.3 is 0 Å². The fraction of sp³-hybridized carbons (Fsp3) is 0.684. The van der Waals surface area contributed by atoms with E-state index >= 15 is 0 Å². The van der Waals surface area contributed by atoms with Crippen molar-refractivity contribution in [3.8, 4) is 0 Å². The fourth-order valence-electron chi connectivity index (χ4n) is 4.21. The van der Waals surface area contributed by atoms with E-state index in [-0.39, 0.29) is 0 Å². The van der Waals surface area contributed by atoms with E-state index in [0.29, 0.717) is 12.1 Å². The SMILES string of the molecule is CCC1CCC(N2CC(C)NCC2c2ccccc2)CC1. The number of hydrogen-bond donors (Lipinski definition) is 1. The molecule has 1 aliphatic heterocycles. The Morgan fingerprint density at radius 2 is 1.81 bits per heavy atom. The molecule has 3 rings (SSSR count). The highest BCUT2D eigenvalue weighted by Crippen LogP contribution is 2.34. The van der Waals surface area contributed by atoms with Crippen molar-refractivity contribution in [2.75, 3.05) is 13.1 Å². The zero-order valence-corrected chi connectivity index (χ0v) is 13.6. The Morgan fingerprint density at radius 3 is 2.48 bits per heavy atom. The van der Waals surface area contributed by atoms with Crippen LogP contribution in [0.1, 0.15) is 57.6 Å². The first kappa shape index (κ1) is 15.1. The molecule has 116 valence electrons. The summed E-state index contributed by atoms with van der Waals surface area (Å²) in [4.78, 5) is 2.81. The number of hydrogen-bond acceptors (Lipinski definition) is 2. The summed E-state index contributed by atoms with van der Waals surface area (Å²) in [5, 5.41) is 3.68. The number of nitrogens with one attached hydrogen (secondary N) is 1. The Morgan fingerprint density at radius 1 is 1.10 bits per heavy atom. The van der Waals surface area contributed by atoms with Crippen molar-refractivity contribution in [1.82, 2.24) is 10.2 Å². The normalized spacial score (nSPS) is 34.8. The Hall–Kier alpha value is -0.860. The molecule has 0 radical (unpaired) electrons. The molecule has 1 aromatic rings. The summed E-state index contributed by atoms with van der Waals surface area (Å²) in [7, 11) is 0. The van der Waals surface area contributed by atoms with Gasteiger partial charge in [0.15, 0.2) is 0 Å². The molecule has 1 saturated heterocycles. The standard InChI is InChI=1S/C19H30N2/c1-3-16-9-11-18(12-10-16)21-14-15(2)20-13-19(21)17-7-5-4-6-8-17/h4-8,15-16,18-20H,3,9-14H2,1-2H3. The summed E-state index contributed by atoms with van der Waals surface area (Å²) in [5.41, 5.74) is 1.48. The topological polar surface area (TPSA) is 15.3 Å². The van der Waals surface area contributed by atoms with Crippen LogP contribution in [0.2, 0.25) is 0 Å². The molecule has 2 nitrogen and oxygen atoms in total. The lowest BCUT2D eigenvalue weighted by atomic mass is 9.82. The second-order valence-electron chi connectivity index (χ2n) is 7.02. The molecule has 2 unspecified atom stereocenters. The van der Waals surface area contributed by atoms with E-state index in [1.165, 1.54) is 44.2 Å². The second-order valence-corrected chi connectivity index (χ2v) is 7.02. The van der Waals surface area contributed by atoms with E-state index in [9.17, 15) is 0 Å². The van der Waals surface area contributed by atoms with Crippen LogP contribution in [0.5, 0.6) is 0 Å². The third-order valence-electron chi connectivity index (χ3n) is 5.59. The lowest BCUT2D eigenvalue weighted by Crippen LogP contribution is -2.55. The van der Waals surface area contributed by atoms with Crippen LogP contribution in [0.15, 0.2) is 30.3 Å². The van der Waals surface area contributed by atoms with Gasteiger partial charge in [0.2, 0.25) is 0 Å². The summed E-state index contributed by atoms with van der Waals surface area (Å²) >= 11 is 0. The van der Waals surface area contributed by atoms with Gasteiger partial charge in [-0.3, -0.25) is 4.90 Å². The highest BCUT2D eigenvalue weighted by atomic mass is 15.3. The number of benzene rings is 1. The van der Waals surface area contributed by atoms with Gasteiger partial charge in [0.1, 0.15) is 0 Å². The summed E-state index contributed by atoms with van der Waals surface area (Å²) in [6, 6.07) is 13.1. The molecule has 1 aliphatic carbocycles. The smallest absolute Gasteiger partial charge is 0.0476 e. The monoisotopic (exact) mass is 286 g/mol. The van der Waals surface area contributed by atoms with E-state index in [1.54, 1.807) is 0 Å². The summed E-state index contributed by atoms with van der Waals surface area (Å²) in [6.07, 6.45) is 7.03. The molecule has 2 atom stereocenters. The number of nitrogens with zero attached hydrogens (tertiary/aromatic N) is 1. The van der Waals surface area contributed by atoms with E-state index < -0.39 is 0 Å². The van der Waals surface area contributed by atoms with Crippen molar-refractivity contribution in [3.63, 3.8) is 0 Å². The molecule has 1 N–H and O–H groups in total. The van der Waals surface area contributed by atoms with Gasteiger partial charge in [-0.1, -0.05) is 43.7 Å². The second kappa shape index (κ2) is 6.93. The Labute approximate surface area is 129 Å². The van der Waals surface area contributed by atoms with Crippen LogP contribution in [0, 0.1) is 5.92 Å². The highest BCUT2D eigenvalue weighted by molar-refractivity contribution is 5.20. The van der Waals surface area contributed by atoms with Crippen LogP contribution in [0.4, 0.5) is 0 Å². The summed E-state index contributed by atoms with van der Waals surface area (Å²) in [5.74, 6) is 0.983. The Bertz CT molecular complexity index is 422. The molecular weight excluding hydrogens is 256 g/mol. The molecule has 2 fully saturated rings. The largest absolute Gasteiger partial charge is 0.311 e. The molecule has 1 aromatic carbocycles. The molecule has 2 aliphatic rings. The van der Waals surface area contributed by atoms with Crippen molar-refractivity contribution >= 4 is 0 Å². The van der Waals surface area contributed by atoms with Crippen molar-refractivity contribution in [2.24, 2.45) is 5.92 Å². The third kappa shape index (κ3) is 3.49. The lowest BCUT2D eigenvalue weighted by Gasteiger charge is -2.46. The maximum Gasteiger partial charge on any atom is 0.0476 e. The predicted molar refractivity (Wildman–Crippen MR) is 89.4 cm³/mol. The maximum atomic E-state index is 3.68. The predicted octanol–water partition coefficient (Wildman–Crippen LogP) is 3.99. The van der Waals surface area contributed by atoms with Crippen molar-refractivity contribution in [3.05, 3.63) is 35.9 Å². The van der Waals surface area contributed by atoms with Gasteiger partial charge in [-0.15, -0.1) is 0 Å². The molecule has 0 bridgehead atoms. The minimum atomic E-state index is 0.561. The van der Waals surface area contributed by atoms with Gasteiger partial charge in [-0.25, -0.2) is 0 Å². The third-order valence-corrected chi connectivity index (χ3v) is 5.59. The molecule has 1 heterocycles. The molecule has 1 saturated carbocycles. The molecule has 2 heteroatoms. The van der Waals surface area contributed by atoms with Gasteiger partial charge in [-0.2, -0.15) is 0 Å². The van der Waals surface area contributed by atoms with Crippen molar-refractivity contribution in [2.45, 2.75) is 64.1 Å². The number of piperazine rings is 1.